The number of anilines is 1. The molecule has 0 bridgehead atoms. The number of hydrogen-bond donors (Lipinski definition) is 2. The number of rotatable bonds is 6. The minimum Gasteiger partial charge on any atom is -0.341 e. The molecule has 0 aliphatic carbocycles. The summed E-state index contributed by atoms with van der Waals surface area (Å²) in [5, 5.41) is 5.72. The summed E-state index contributed by atoms with van der Waals surface area (Å²) < 4.78 is 0. The molecule has 28 heavy (non-hydrogen) atoms. The molecule has 0 saturated heterocycles. The fraction of sp³-hybridized carbons (Fsp3) is 0.167. The number of nitrogens with one attached hydrogen (secondary N) is 2. The molecule has 0 spiro atoms. The molecule has 0 fully saturated rings. The summed E-state index contributed by atoms with van der Waals surface area (Å²) >= 11 is 0. The van der Waals surface area contributed by atoms with Crippen LogP contribution in [0.5, 0.6) is 0 Å². The summed E-state index contributed by atoms with van der Waals surface area (Å²) in [6.45, 7) is 3.56. The lowest BCUT2D eigenvalue weighted by Crippen LogP contribution is -2.41. The highest BCUT2D eigenvalue weighted by molar-refractivity contribution is 6.01. The van der Waals surface area contributed by atoms with E-state index in [0.717, 1.165) is 23.2 Å². The first kappa shape index (κ1) is 19.4. The number of amides is 2. The third-order valence-corrected chi connectivity index (χ3v) is 4.64. The summed E-state index contributed by atoms with van der Waals surface area (Å²) in [6.07, 6.45) is 0.723. The van der Waals surface area contributed by atoms with Gasteiger partial charge in [-0.1, -0.05) is 66.7 Å². The first-order valence-electron chi connectivity index (χ1n) is 9.34. The fourth-order valence-corrected chi connectivity index (χ4v) is 3.02. The highest BCUT2D eigenvalue weighted by atomic mass is 16.2. The van der Waals surface area contributed by atoms with E-state index < -0.39 is 6.04 Å². The quantitative estimate of drug-likeness (QED) is 0.676. The molecule has 0 aliphatic heterocycles. The van der Waals surface area contributed by atoms with E-state index in [1.165, 1.54) is 5.56 Å². The van der Waals surface area contributed by atoms with Gasteiger partial charge in [-0.3, -0.25) is 9.59 Å². The Morgan fingerprint density at radius 1 is 0.857 bits per heavy atom. The highest BCUT2D eigenvalue weighted by Gasteiger charge is 2.18. The molecule has 3 rings (SSSR count). The SMILES string of the molecule is Cc1ccccc1C(=O)NC(C)C(=O)Nc1ccccc1Cc1ccccc1. The van der Waals surface area contributed by atoms with E-state index >= 15 is 0 Å². The van der Waals surface area contributed by atoms with Gasteiger partial charge in [0.1, 0.15) is 6.04 Å². The van der Waals surface area contributed by atoms with E-state index in [-0.39, 0.29) is 11.8 Å². The molecule has 3 aromatic rings. The van der Waals surface area contributed by atoms with Crippen molar-refractivity contribution in [1.82, 2.24) is 5.32 Å². The Kier molecular flexibility index (Phi) is 6.22. The fourth-order valence-electron chi connectivity index (χ4n) is 3.02. The van der Waals surface area contributed by atoms with Crippen molar-refractivity contribution in [3.05, 3.63) is 101 Å². The molecule has 1 unspecified atom stereocenters. The zero-order valence-corrected chi connectivity index (χ0v) is 16.1. The Labute approximate surface area is 165 Å². The summed E-state index contributed by atoms with van der Waals surface area (Å²) in [5.74, 6) is -0.499. The predicted molar refractivity (Wildman–Crippen MR) is 112 cm³/mol. The Balaban J connectivity index is 1.67. The molecule has 2 N–H and O–H groups in total. The van der Waals surface area contributed by atoms with Gasteiger partial charge in [-0.25, -0.2) is 0 Å². The van der Waals surface area contributed by atoms with Crippen LogP contribution in [0.4, 0.5) is 5.69 Å². The minimum atomic E-state index is -0.656. The van der Waals surface area contributed by atoms with Crippen LogP contribution in [0.3, 0.4) is 0 Å². The van der Waals surface area contributed by atoms with Crippen molar-refractivity contribution in [1.29, 1.82) is 0 Å². The first-order valence-corrected chi connectivity index (χ1v) is 9.34. The van der Waals surface area contributed by atoms with E-state index in [0.29, 0.717) is 5.56 Å². The van der Waals surface area contributed by atoms with Crippen LogP contribution in [-0.4, -0.2) is 17.9 Å². The average molecular weight is 372 g/mol. The standard InChI is InChI=1S/C24H24N2O2/c1-17-10-6-8-14-21(17)24(28)25-18(2)23(27)26-22-15-9-7-13-20(22)16-19-11-4-3-5-12-19/h3-15,18H,16H2,1-2H3,(H,25,28)(H,26,27). The van der Waals surface area contributed by atoms with Crippen LogP contribution < -0.4 is 10.6 Å². The normalized spacial score (nSPS) is 11.5. The van der Waals surface area contributed by atoms with Gasteiger partial charge in [0.25, 0.3) is 5.91 Å². The molecule has 2 amide bonds. The van der Waals surface area contributed by atoms with E-state index in [9.17, 15) is 9.59 Å². The molecule has 4 nitrogen and oxygen atoms in total. The van der Waals surface area contributed by atoms with Gasteiger partial charge in [-0.15, -0.1) is 0 Å². The zero-order chi connectivity index (χ0) is 19.9. The Bertz CT molecular complexity index is 967. The molecule has 4 heteroatoms. The van der Waals surface area contributed by atoms with Gasteiger partial charge in [0, 0.05) is 11.3 Å². The van der Waals surface area contributed by atoms with Crippen LogP contribution in [0.15, 0.2) is 78.9 Å². The topological polar surface area (TPSA) is 58.2 Å². The molecule has 0 aromatic heterocycles. The molecule has 142 valence electrons. The summed E-state index contributed by atoms with van der Waals surface area (Å²) in [7, 11) is 0. The van der Waals surface area contributed by atoms with Gasteiger partial charge >= 0.3 is 0 Å². The van der Waals surface area contributed by atoms with Gasteiger partial charge in [0.05, 0.1) is 0 Å². The van der Waals surface area contributed by atoms with Gasteiger partial charge in [-0.05, 0) is 49.1 Å². The maximum absolute atomic E-state index is 12.6. The van der Waals surface area contributed by atoms with Gasteiger partial charge in [0.2, 0.25) is 5.91 Å². The maximum atomic E-state index is 12.6. The Hall–Kier alpha value is -3.40. The van der Waals surface area contributed by atoms with Crippen molar-refractivity contribution in [3.8, 4) is 0 Å². The maximum Gasteiger partial charge on any atom is 0.252 e. The smallest absolute Gasteiger partial charge is 0.252 e. The second-order valence-electron chi connectivity index (χ2n) is 6.82. The number of benzene rings is 3. The van der Waals surface area contributed by atoms with Crippen LogP contribution in [0.2, 0.25) is 0 Å². The van der Waals surface area contributed by atoms with Crippen molar-refractivity contribution < 1.29 is 9.59 Å². The van der Waals surface area contributed by atoms with Crippen molar-refractivity contribution in [3.63, 3.8) is 0 Å². The highest BCUT2D eigenvalue weighted by Crippen LogP contribution is 2.19. The van der Waals surface area contributed by atoms with Crippen LogP contribution >= 0.6 is 0 Å². The third kappa shape index (κ3) is 4.86. The second kappa shape index (κ2) is 9.00. The first-order chi connectivity index (χ1) is 13.5. The van der Waals surface area contributed by atoms with Gasteiger partial charge in [-0.2, -0.15) is 0 Å². The summed E-state index contributed by atoms with van der Waals surface area (Å²) in [4.78, 5) is 25.1. The van der Waals surface area contributed by atoms with Crippen LogP contribution in [0.25, 0.3) is 0 Å². The summed E-state index contributed by atoms with van der Waals surface area (Å²) in [5.41, 5.74) is 4.41. The van der Waals surface area contributed by atoms with Crippen molar-refractivity contribution in [2.45, 2.75) is 26.3 Å². The Morgan fingerprint density at radius 2 is 1.50 bits per heavy atom. The van der Waals surface area contributed by atoms with Crippen LogP contribution in [0, 0.1) is 6.92 Å². The van der Waals surface area contributed by atoms with Crippen molar-refractivity contribution in [2.24, 2.45) is 0 Å². The molecule has 0 radical (unpaired) electrons. The number of aryl methyl sites for hydroxylation is 1. The third-order valence-electron chi connectivity index (χ3n) is 4.64. The van der Waals surface area contributed by atoms with E-state index in [1.807, 2.05) is 67.6 Å². The van der Waals surface area contributed by atoms with Crippen LogP contribution in [-0.2, 0) is 11.2 Å². The number of hydrogen-bond acceptors (Lipinski definition) is 2. The molecular weight excluding hydrogens is 348 g/mol. The molecular formula is C24H24N2O2. The molecule has 0 saturated carbocycles. The van der Waals surface area contributed by atoms with Gasteiger partial charge in [0.15, 0.2) is 0 Å². The largest absolute Gasteiger partial charge is 0.341 e. The lowest BCUT2D eigenvalue weighted by Gasteiger charge is -2.17. The van der Waals surface area contributed by atoms with Crippen molar-refractivity contribution in [2.75, 3.05) is 5.32 Å². The number of para-hydroxylation sites is 1. The second-order valence-corrected chi connectivity index (χ2v) is 6.82. The predicted octanol–water partition coefficient (Wildman–Crippen LogP) is 4.34. The molecule has 3 aromatic carbocycles. The lowest BCUT2D eigenvalue weighted by atomic mass is 10.0. The van der Waals surface area contributed by atoms with Crippen molar-refractivity contribution >= 4 is 17.5 Å². The molecule has 1 atom stereocenters. The monoisotopic (exact) mass is 372 g/mol. The average Bonchev–Trinajstić information content (AvgIpc) is 2.70. The molecule has 0 heterocycles. The summed E-state index contributed by atoms with van der Waals surface area (Å²) in [6, 6.07) is 24.5. The van der Waals surface area contributed by atoms with E-state index in [1.54, 1.807) is 13.0 Å². The lowest BCUT2D eigenvalue weighted by molar-refractivity contribution is -0.117. The number of carbonyl (C=O) groups excluding carboxylic acids is 2. The van der Waals surface area contributed by atoms with Crippen LogP contribution in [0.1, 0.15) is 34.0 Å². The Morgan fingerprint density at radius 3 is 2.25 bits per heavy atom. The van der Waals surface area contributed by atoms with E-state index in [2.05, 4.69) is 22.8 Å². The molecule has 0 aliphatic rings. The zero-order valence-electron chi connectivity index (χ0n) is 16.1. The van der Waals surface area contributed by atoms with E-state index in [4.69, 9.17) is 0 Å². The number of carbonyl (C=O) groups is 2. The van der Waals surface area contributed by atoms with Gasteiger partial charge < -0.3 is 10.6 Å². The minimum absolute atomic E-state index is 0.248.